The standard InChI is InChI=1S/C10H9F2N3O3/c11-10(12)9(16)5-14-7-2-1-6(4-13)8(3-7)15(17)18/h1-3,9-10,14,16H,5H2. The second kappa shape index (κ2) is 5.88. The number of nitrogens with one attached hydrogen (secondary N) is 1. The number of aliphatic hydroxyl groups is 1. The SMILES string of the molecule is N#Cc1ccc(NCC(O)C(F)F)cc1[N+](=O)[O-]. The molecule has 0 saturated carbocycles. The predicted octanol–water partition coefficient (Wildman–Crippen LogP) is 1.50. The lowest BCUT2D eigenvalue weighted by atomic mass is 10.1. The lowest BCUT2D eigenvalue weighted by Crippen LogP contribution is -2.26. The fraction of sp³-hybridized carbons (Fsp3) is 0.300. The molecule has 0 heterocycles. The van der Waals surface area contributed by atoms with Crippen LogP contribution in [0.2, 0.25) is 0 Å². The number of hydrogen-bond donors (Lipinski definition) is 2. The summed E-state index contributed by atoms with van der Waals surface area (Å²) in [6, 6.07) is 5.24. The molecule has 0 bridgehead atoms. The van der Waals surface area contributed by atoms with Crippen LogP contribution < -0.4 is 5.32 Å². The third-order valence-corrected chi connectivity index (χ3v) is 2.12. The number of nitrogens with zero attached hydrogens (tertiary/aromatic N) is 2. The molecule has 0 aromatic heterocycles. The molecule has 1 atom stereocenters. The third-order valence-electron chi connectivity index (χ3n) is 2.12. The summed E-state index contributed by atoms with van der Waals surface area (Å²) in [6.45, 7) is -0.444. The summed E-state index contributed by atoms with van der Waals surface area (Å²) < 4.78 is 24.0. The molecule has 0 fully saturated rings. The number of alkyl halides is 2. The Balaban J connectivity index is 2.83. The smallest absolute Gasteiger partial charge is 0.289 e. The maximum absolute atomic E-state index is 12.0. The highest BCUT2D eigenvalue weighted by Crippen LogP contribution is 2.22. The first-order valence-corrected chi connectivity index (χ1v) is 4.84. The van der Waals surface area contributed by atoms with E-state index >= 15 is 0 Å². The Kier molecular flexibility index (Phi) is 4.51. The predicted molar refractivity (Wildman–Crippen MR) is 58.3 cm³/mol. The van der Waals surface area contributed by atoms with Crippen LogP contribution in [0.15, 0.2) is 18.2 Å². The molecule has 6 nitrogen and oxygen atoms in total. The summed E-state index contributed by atoms with van der Waals surface area (Å²) in [4.78, 5) is 9.89. The van der Waals surface area contributed by atoms with Crippen LogP contribution in [0.25, 0.3) is 0 Å². The number of nitriles is 1. The molecule has 1 aromatic rings. The van der Waals surface area contributed by atoms with Gasteiger partial charge in [0.15, 0.2) is 0 Å². The number of benzene rings is 1. The molecule has 0 aliphatic rings. The molecule has 18 heavy (non-hydrogen) atoms. The minimum absolute atomic E-state index is 0.125. The van der Waals surface area contributed by atoms with E-state index in [2.05, 4.69) is 5.32 Å². The van der Waals surface area contributed by atoms with Gasteiger partial charge in [-0.3, -0.25) is 10.1 Å². The number of nitro benzene ring substituents is 1. The van der Waals surface area contributed by atoms with E-state index in [0.717, 1.165) is 6.07 Å². The van der Waals surface area contributed by atoms with E-state index in [-0.39, 0.29) is 11.3 Å². The van der Waals surface area contributed by atoms with Gasteiger partial charge in [0.1, 0.15) is 17.7 Å². The van der Waals surface area contributed by atoms with Gasteiger partial charge >= 0.3 is 0 Å². The maximum atomic E-state index is 12.0. The van der Waals surface area contributed by atoms with Gasteiger partial charge in [0.25, 0.3) is 12.1 Å². The summed E-state index contributed by atoms with van der Waals surface area (Å²) in [5.74, 6) is 0. The molecule has 8 heteroatoms. The number of rotatable bonds is 5. The second-order valence-electron chi connectivity index (χ2n) is 3.38. The first-order chi connectivity index (χ1) is 8.45. The summed E-state index contributed by atoms with van der Waals surface area (Å²) in [5, 5.41) is 30.6. The highest BCUT2D eigenvalue weighted by atomic mass is 19.3. The molecule has 2 N–H and O–H groups in total. The van der Waals surface area contributed by atoms with Crippen LogP contribution >= 0.6 is 0 Å². The van der Waals surface area contributed by atoms with Crippen molar-refractivity contribution in [2.45, 2.75) is 12.5 Å². The van der Waals surface area contributed by atoms with Crippen molar-refractivity contribution in [3.05, 3.63) is 33.9 Å². The normalized spacial score (nSPS) is 11.9. The van der Waals surface area contributed by atoms with Gasteiger partial charge in [0.2, 0.25) is 0 Å². The lowest BCUT2D eigenvalue weighted by molar-refractivity contribution is -0.385. The Hall–Kier alpha value is -2.27. The quantitative estimate of drug-likeness (QED) is 0.615. The van der Waals surface area contributed by atoms with Crippen molar-refractivity contribution in [3.8, 4) is 6.07 Å². The highest BCUT2D eigenvalue weighted by molar-refractivity contribution is 5.59. The largest absolute Gasteiger partial charge is 0.385 e. The minimum atomic E-state index is -2.90. The van der Waals surface area contributed by atoms with Gasteiger partial charge in [-0.15, -0.1) is 0 Å². The van der Waals surface area contributed by atoms with Crippen LogP contribution in [0.1, 0.15) is 5.56 Å². The van der Waals surface area contributed by atoms with E-state index < -0.39 is 29.7 Å². The van der Waals surface area contributed by atoms with E-state index in [1.807, 2.05) is 0 Å². The average molecular weight is 257 g/mol. The highest BCUT2D eigenvalue weighted by Gasteiger charge is 2.18. The fourth-order valence-electron chi connectivity index (χ4n) is 1.20. The Morgan fingerprint density at radius 1 is 1.56 bits per heavy atom. The van der Waals surface area contributed by atoms with Crippen molar-refractivity contribution in [3.63, 3.8) is 0 Å². The van der Waals surface area contributed by atoms with Crippen molar-refractivity contribution >= 4 is 11.4 Å². The molecule has 1 unspecified atom stereocenters. The van der Waals surface area contributed by atoms with Gasteiger partial charge < -0.3 is 10.4 Å². The molecule has 0 spiro atoms. The number of nitro groups is 1. The molecule has 0 saturated heterocycles. The molecule has 0 radical (unpaired) electrons. The van der Waals surface area contributed by atoms with Crippen molar-refractivity contribution < 1.29 is 18.8 Å². The lowest BCUT2D eigenvalue weighted by Gasteiger charge is -2.11. The zero-order valence-electron chi connectivity index (χ0n) is 9.01. The maximum Gasteiger partial charge on any atom is 0.289 e. The molecular formula is C10H9F2N3O3. The molecule has 1 aromatic carbocycles. The van der Waals surface area contributed by atoms with Gasteiger partial charge in [-0.2, -0.15) is 5.26 Å². The van der Waals surface area contributed by atoms with E-state index in [0.29, 0.717) is 0 Å². The second-order valence-corrected chi connectivity index (χ2v) is 3.38. The van der Waals surface area contributed by atoms with Crippen molar-refractivity contribution in [2.75, 3.05) is 11.9 Å². The van der Waals surface area contributed by atoms with Crippen LogP contribution in [-0.2, 0) is 0 Å². The van der Waals surface area contributed by atoms with Crippen molar-refractivity contribution in [1.29, 1.82) is 5.26 Å². The number of anilines is 1. The zero-order valence-corrected chi connectivity index (χ0v) is 9.01. The molecule has 0 aliphatic heterocycles. The molecule has 96 valence electrons. The average Bonchev–Trinajstić information content (AvgIpc) is 2.35. The van der Waals surface area contributed by atoms with E-state index in [1.54, 1.807) is 6.07 Å². The Morgan fingerprint density at radius 2 is 2.22 bits per heavy atom. The van der Waals surface area contributed by atoms with Crippen molar-refractivity contribution in [2.24, 2.45) is 0 Å². The molecule has 0 amide bonds. The Morgan fingerprint density at radius 3 is 2.72 bits per heavy atom. The van der Waals surface area contributed by atoms with Crippen molar-refractivity contribution in [1.82, 2.24) is 0 Å². The summed E-state index contributed by atoms with van der Waals surface area (Å²) >= 11 is 0. The molecule has 1 rings (SSSR count). The van der Waals surface area contributed by atoms with E-state index in [4.69, 9.17) is 10.4 Å². The number of aliphatic hydroxyl groups excluding tert-OH is 1. The first-order valence-electron chi connectivity index (χ1n) is 4.84. The zero-order chi connectivity index (χ0) is 13.7. The topological polar surface area (TPSA) is 99.2 Å². The van der Waals surface area contributed by atoms with E-state index in [9.17, 15) is 18.9 Å². The Bertz CT molecular complexity index is 488. The van der Waals surface area contributed by atoms with E-state index in [1.165, 1.54) is 12.1 Å². The first kappa shape index (κ1) is 13.8. The monoisotopic (exact) mass is 257 g/mol. The van der Waals surface area contributed by atoms with Crippen LogP contribution in [0.4, 0.5) is 20.2 Å². The third kappa shape index (κ3) is 3.36. The Labute approximate surface area is 101 Å². The number of halogens is 2. The van der Waals surface area contributed by atoms with Crippen LogP contribution in [0.3, 0.4) is 0 Å². The molecule has 0 aliphatic carbocycles. The van der Waals surface area contributed by atoms with Crippen LogP contribution in [0.5, 0.6) is 0 Å². The van der Waals surface area contributed by atoms with Gasteiger partial charge in [0.05, 0.1) is 4.92 Å². The van der Waals surface area contributed by atoms with Gasteiger partial charge in [-0.1, -0.05) is 0 Å². The van der Waals surface area contributed by atoms with Crippen LogP contribution in [0, 0.1) is 21.4 Å². The fourth-order valence-corrected chi connectivity index (χ4v) is 1.20. The number of hydrogen-bond acceptors (Lipinski definition) is 5. The van der Waals surface area contributed by atoms with Gasteiger partial charge in [0, 0.05) is 18.3 Å². The summed E-state index contributed by atoms with van der Waals surface area (Å²) in [6.07, 6.45) is -4.76. The van der Waals surface area contributed by atoms with Crippen LogP contribution in [-0.4, -0.2) is 29.1 Å². The van der Waals surface area contributed by atoms with Gasteiger partial charge in [-0.05, 0) is 12.1 Å². The summed E-state index contributed by atoms with van der Waals surface area (Å²) in [7, 11) is 0. The van der Waals surface area contributed by atoms with Gasteiger partial charge in [-0.25, -0.2) is 8.78 Å². The molecular weight excluding hydrogens is 248 g/mol. The minimum Gasteiger partial charge on any atom is -0.385 e. The summed E-state index contributed by atoms with van der Waals surface area (Å²) in [5.41, 5.74) is -0.366.